The topological polar surface area (TPSA) is 6.48 Å². The maximum Gasteiger partial charge on any atom is 0.0257 e. The van der Waals surface area contributed by atoms with E-state index < -0.39 is 0 Å². The van der Waals surface area contributed by atoms with Gasteiger partial charge in [-0.2, -0.15) is 0 Å². The van der Waals surface area contributed by atoms with Crippen molar-refractivity contribution in [3.05, 3.63) is 96.6 Å². The first-order valence-electron chi connectivity index (χ1n) is 11.5. The first kappa shape index (κ1) is 22.2. The summed E-state index contributed by atoms with van der Waals surface area (Å²) in [6.45, 7) is 2.38. The van der Waals surface area contributed by atoms with E-state index in [4.69, 9.17) is 0 Å². The SMILES string of the molecule is CN(C)[C@H](Cc1ccccc1)CN1CCC[C@H]1CP(c1ccccc1)c1ccccc1. The van der Waals surface area contributed by atoms with Crippen molar-refractivity contribution in [3.8, 4) is 0 Å². The highest BCUT2D eigenvalue weighted by Gasteiger charge is 2.30. The van der Waals surface area contributed by atoms with Crippen molar-refractivity contribution in [2.45, 2.75) is 31.3 Å². The Kier molecular flexibility index (Phi) is 7.92. The third kappa shape index (κ3) is 6.04. The second-order valence-electron chi connectivity index (χ2n) is 8.88. The van der Waals surface area contributed by atoms with Crippen LogP contribution in [0.25, 0.3) is 0 Å². The molecule has 162 valence electrons. The molecule has 0 amide bonds. The molecule has 0 radical (unpaired) electrons. The number of likely N-dealkylation sites (N-methyl/N-ethyl adjacent to an activating group) is 1. The lowest BCUT2D eigenvalue weighted by atomic mass is 10.0. The van der Waals surface area contributed by atoms with Crippen LogP contribution in [0.15, 0.2) is 91.0 Å². The Morgan fingerprint density at radius 3 is 1.94 bits per heavy atom. The Bertz CT molecular complexity index is 859. The van der Waals surface area contributed by atoms with Crippen molar-refractivity contribution >= 4 is 18.5 Å². The number of nitrogens with zero attached hydrogens (tertiary/aromatic N) is 2. The summed E-state index contributed by atoms with van der Waals surface area (Å²) in [5.41, 5.74) is 1.44. The fourth-order valence-corrected chi connectivity index (χ4v) is 7.31. The molecule has 3 heteroatoms. The monoisotopic (exact) mass is 430 g/mol. The van der Waals surface area contributed by atoms with E-state index in [0.717, 1.165) is 13.0 Å². The number of rotatable bonds is 9. The van der Waals surface area contributed by atoms with Gasteiger partial charge in [0.2, 0.25) is 0 Å². The third-order valence-corrected chi connectivity index (χ3v) is 9.15. The molecular formula is C28H35N2P. The van der Waals surface area contributed by atoms with E-state index in [-0.39, 0.29) is 7.92 Å². The molecule has 2 atom stereocenters. The van der Waals surface area contributed by atoms with Crippen molar-refractivity contribution in [3.63, 3.8) is 0 Å². The van der Waals surface area contributed by atoms with Gasteiger partial charge in [0.25, 0.3) is 0 Å². The summed E-state index contributed by atoms with van der Waals surface area (Å²) in [5.74, 6) is 0. The lowest BCUT2D eigenvalue weighted by Gasteiger charge is -2.34. The maximum absolute atomic E-state index is 2.79. The number of likely N-dealkylation sites (tertiary alicyclic amines) is 1. The minimum absolute atomic E-state index is 0.332. The van der Waals surface area contributed by atoms with Crippen LogP contribution in [0.2, 0.25) is 0 Å². The second-order valence-corrected chi connectivity index (χ2v) is 11.1. The Labute approximate surface area is 189 Å². The van der Waals surface area contributed by atoms with E-state index in [1.54, 1.807) is 0 Å². The van der Waals surface area contributed by atoms with E-state index in [1.165, 1.54) is 41.7 Å². The molecule has 0 N–H and O–H groups in total. The van der Waals surface area contributed by atoms with Gasteiger partial charge in [-0.15, -0.1) is 0 Å². The van der Waals surface area contributed by atoms with Gasteiger partial charge < -0.3 is 4.90 Å². The summed E-state index contributed by atoms with van der Waals surface area (Å²) in [6, 6.07) is 34.6. The van der Waals surface area contributed by atoms with Gasteiger partial charge in [0, 0.05) is 18.6 Å². The summed E-state index contributed by atoms with van der Waals surface area (Å²) in [4.78, 5) is 5.20. The zero-order valence-corrected chi connectivity index (χ0v) is 19.8. The van der Waals surface area contributed by atoms with Gasteiger partial charge >= 0.3 is 0 Å². The van der Waals surface area contributed by atoms with Gasteiger partial charge in [-0.1, -0.05) is 91.0 Å². The predicted octanol–water partition coefficient (Wildman–Crippen LogP) is 4.76. The molecule has 0 saturated carbocycles. The lowest BCUT2D eigenvalue weighted by molar-refractivity contribution is 0.179. The van der Waals surface area contributed by atoms with Crippen LogP contribution in [0.3, 0.4) is 0 Å². The van der Waals surface area contributed by atoms with E-state index in [0.29, 0.717) is 12.1 Å². The summed E-state index contributed by atoms with van der Waals surface area (Å²) in [7, 11) is 4.14. The van der Waals surface area contributed by atoms with Gasteiger partial charge in [0.1, 0.15) is 0 Å². The number of hydrogen-bond donors (Lipinski definition) is 0. The molecule has 1 heterocycles. The average Bonchev–Trinajstić information content (AvgIpc) is 3.25. The molecule has 31 heavy (non-hydrogen) atoms. The Hall–Kier alpha value is -1.99. The molecule has 3 aromatic rings. The van der Waals surface area contributed by atoms with Crippen LogP contribution in [0.4, 0.5) is 0 Å². The Morgan fingerprint density at radius 1 is 0.839 bits per heavy atom. The van der Waals surface area contributed by atoms with Gasteiger partial charge in [-0.25, -0.2) is 0 Å². The first-order chi connectivity index (χ1) is 15.2. The molecule has 0 bridgehead atoms. The molecule has 1 saturated heterocycles. The molecule has 1 fully saturated rings. The minimum atomic E-state index is -0.332. The van der Waals surface area contributed by atoms with Crippen molar-refractivity contribution in [1.82, 2.24) is 9.80 Å². The largest absolute Gasteiger partial charge is 0.305 e. The molecular weight excluding hydrogens is 395 g/mol. The smallest absolute Gasteiger partial charge is 0.0257 e. The molecule has 4 rings (SSSR count). The van der Waals surface area contributed by atoms with Gasteiger partial charge in [-0.3, -0.25) is 4.90 Å². The second kappa shape index (κ2) is 11.0. The van der Waals surface area contributed by atoms with Crippen LogP contribution in [-0.4, -0.2) is 55.2 Å². The summed E-state index contributed by atoms with van der Waals surface area (Å²) >= 11 is 0. The standard InChI is InChI=1S/C28H35N2P/c1-29(2)26(21-24-13-6-3-7-14-24)22-30-20-12-15-25(30)23-31(27-16-8-4-9-17-27)28-18-10-5-11-19-28/h3-11,13-14,16-19,25-26H,12,15,20-23H2,1-2H3/t25-,26+/m0/s1. The number of hydrogen-bond acceptors (Lipinski definition) is 2. The highest BCUT2D eigenvalue weighted by molar-refractivity contribution is 7.73. The summed E-state index contributed by atoms with van der Waals surface area (Å²) in [6.07, 6.45) is 5.02. The predicted molar refractivity (Wildman–Crippen MR) is 136 cm³/mol. The highest BCUT2D eigenvalue weighted by atomic mass is 31.1. The van der Waals surface area contributed by atoms with Crippen LogP contribution in [0.5, 0.6) is 0 Å². The zero-order valence-electron chi connectivity index (χ0n) is 18.9. The fourth-order valence-electron chi connectivity index (χ4n) is 4.70. The van der Waals surface area contributed by atoms with Crippen molar-refractivity contribution in [2.75, 3.05) is 33.3 Å². The average molecular weight is 431 g/mol. The summed E-state index contributed by atoms with van der Waals surface area (Å²) < 4.78 is 0. The van der Waals surface area contributed by atoms with Crippen molar-refractivity contribution in [1.29, 1.82) is 0 Å². The van der Waals surface area contributed by atoms with E-state index in [9.17, 15) is 0 Å². The number of benzene rings is 3. The lowest BCUT2D eigenvalue weighted by Crippen LogP contribution is -2.45. The molecule has 1 aliphatic heterocycles. The maximum atomic E-state index is 2.79. The molecule has 0 aliphatic carbocycles. The van der Waals surface area contributed by atoms with Crippen molar-refractivity contribution in [2.24, 2.45) is 0 Å². The molecule has 0 unspecified atom stereocenters. The quantitative estimate of drug-likeness (QED) is 0.452. The van der Waals surface area contributed by atoms with E-state index >= 15 is 0 Å². The van der Waals surface area contributed by atoms with Gasteiger partial charge in [0.15, 0.2) is 0 Å². The Balaban J connectivity index is 1.49. The molecule has 0 spiro atoms. The van der Waals surface area contributed by atoms with Crippen molar-refractivity contribution < 1.29 is 0 Å². The molecule has 1 aliphatic rings. The normalized spacial score (nSPS) is 18.0. The molecule has 0 aromatic heterocycles. The Morgan fingerprint density at radius 2 is 1.39 bits per heavy atom. The van der Waals surface area contributed by atoms with Crippen LogP contribution in [0, 0.1) is 0 Å². The van der Waals surface area contributed by atoms with Crippen LogP contribution in [0.1, 0.15) is 18.4 Å². The van der Waals surface area contributed by atoms with E-state index in [2.05, 4.69) is 115 Å². The fraction of sp³-hybridized carbons (Fsp3) is 0.357. The van der Waals surface area contributed by atoms with E-state index in [1.807, 2.05) is 0 Å². The summed E-state index contributed by atoms with van der Waals surface area (Å²) in [5, 5.41) is 3.01. The first-order valence-corrected chi connectivity index (χ1v) is 13.1. The molecule has 2 nitrogen and oxygen atoms in total. The van der Waals surface area contributed by atoms with Gasteiger partial charge in [0.05, 0.1) is 0 Å². The van der Waals surface area contributed by atoms with Crippen LogP contribution < -0.4 is 10.6 Å². The molecule has 3 aromatic carbocycles. The van der Waals surface area contributed by atoms with Crippen LogP contribution in [-0.2, 0) is 6.42 Å². The van der Waals surface area contributed by atoms with Gasteiger partial charge in [-0.05, 0) is 70.2 Å². The minimum Gasteiger partial charge on any atom is -0.305 e. The zero-order chi connectivity index (χ0) is 21.5. The van der Waals surface area contributed by atoms with Crippen LogP contribution >= 0.6 is 7.92 Å². The third-order valence-electron chi connectivity index (χ3n) is 6.52. The highest BCUT2D eigenvalue weighted by Crippen LogP contribution is 2.37.